The Labute approximate surface area is 255 Å². The second-order valence-electron chi connectivity index (χ2n) is 11.0. The van der Waals surface area contributed by atoms with E-state index in [0.29, 0.717) is 0 Å². The van der Waals surface area contributed by atoms with Crippen LogP contribution in [0.25, 0.3) is 60.0 Å². The maximum atomic E-state index is 5.20. The fourth-order valence-electron chi connectivity index (χ4n) is 6.55. The zero-order valence-electron chi connectivity index (χ0n) is 23.1. The molecule has 6 aromatic carbocycles. The molecule has 0 saturated heterocycles. The van der Waals surface area contributed by atoms with Crippen LogP contribution in [-0.4, -0.2) is 29.5 Å². The molecule has 3 heterocycles. The van der Waals surface area contributed by atoms with Gasteiger partial charge in [0.15, 0.2) is 0 Å². The van der Waals surface area contributed by atoms with Crippen LogP contribution in [0.3, 0.4) is 0 Å². The van der Waals surface area contributed by atoms with Gasteiger partial charge in [0.05, 0.1) is 0 Å². The van der Waals surface area contributed by atoms with Crippen molar-refractivity contribution in [2.75, 3.05) is 0 Å². The summed E-state index contributed by atoms with van der Waals surface area (Å²) < 4.78 is 2.32. The van der Waals surface area contributed by atoms with Crippen LogP contribution in [0, 0.1) is 0 Å². The predicted octanol–water partition coefficient (Wildman–Crippen LogP) is 7.87. The molecular formula is C38H24N3PSe. The van der Waals surface area contributed by atoms with E-state index in [-0.39, 0.29) is 0 Å². The molecule has 3 aromatic heterocycles. The molecule has 0 spiro atoms. The number of para-hydroxylation sites is 4. The Bertz CT molecular complexity index is 2540. The summed E-state index contributed by atoms with van der Waals surface area (Å²) in [5.74, 6) is 0. The van der Waals surface area contributed by atoms with Gasteiger partial charge in [-0.15, -0.1) is 0 Å². The molecule has 0 aliphatic carbocycles. The van der Waals surface area contributed by atoms with Crippen molar-refractivity contribution in [3.05, 3.63) is 146 Å². The molecule has 0 N–H and O–H groups in total. The van der Waals surface area contributed by atoms with Gasteiger partial charge in [-0.3, -0.25) is 0 Å². The second-order valence-corrected chi connectivity index (χ2v) is 17.2. The minimum atomic E-state index is -2.24. The van der Waals surface area contributed by atoms with Gasteiger partial charge in [0.25, 0.3) is 0 Å². The van der Waals surface area contributed by atoms with Crippen LogP contribution in [0.4, 0.5) is 0 Å². The standard InChI is InChI=1S/C38H24N3PSe/c43-42(28-18-17-25-9-1-2-10-26(25)21-28,30-22-27-11-3-5-13-34(27)39-24-30)29-19-20-31-32-12-4-7-15-36(32)41-37-16-8-6-14-35(37)40-38(41)33(31)23-29/h1-24H. The summed E-state index contributed by atoms with van der Waals surface area (Å²) in [5, 5.41) is 11.0. The monoisotopic (exact) mass is 633 g/mol. The molecule has 9 rings (SSSR count). The van der Waals surface area contributed by atoms with Crippen LogP contribution in [-0.2, 0) is 0 Å². The van der Waals surface area contributed by atoms with Crippen molar-refractivity contribution >= 4 is 96.6 Å². The third kappa shape index (κ3) is 3.71. The molecule has 0 saturated carbocycles. The number of benzene rings is 6. The van der Waals surface area contributed by atoms with E-state index in [0.717, 1.165) is 33.0 Å². The Balaban J connectivity index is 1.40. The van der Waals surface area contributed by atoms with Crippen LogP contribution >= 0.6 is 5.51 Å². The first-order chi connectivity index (χ1) is 21.2. The Morgan fingerprint density at radius 2 is 1.14 bits per heavy atom. The predicted molar refractivity (Wildman–Crippen MR) is 185 cm³/mol. The number of rotatable bonds is 3. The summed E-state index contributed by atoms with van der Waals surface area (Å²) in [6.07, 6.45) is 2.08. The van der Waals surface area contributed by atoms with Gasteiger partial charge in [-0.25, -0.2) is 0 Å². The molecule has 5 heteroatoms. The molecule has 202 valence electrons. The van der Waals surface area contributed by atoms with Crippen molar-refractivity contribution in [2.45, 2.75) is 0 Å². The molecule has 3 nitrogen and oxygen atoms in total. The minimum absolute atomic E-state index is 0.985. The van der Waals surface area contributed by atoms with Crippen molar-refractivity contribution in [3.63, 3.8) is 0 Å². The molecule has 0 aliphatic rings. The maximum absolute atomic E-state index is 5.20. The summed E-state index contributed by atoms with van der Waals surface area (Å²) in [6, 6.07) is 50.3. The number of fused-ring (bicyclic) bond motifs is 10. The number of hydrogen-bond acceptors (Lipinski definition) is 2. The summed E-state index contributed by atoms with van der Waals surface area (Å²) in [7, 11) is 0. The van der Waals surface area contributed by atoms with Gasteiger partial charge < -0.3 is 0 Å². The van der Waals surface area contributed by atoms with Gasteiger partial charge in [0.2, 0.25) is 0 Å². The molecule has 0 bridgehead atoms. The average Bonchev–Trinajstić information content (AvgIpc) is 3.47. The molecule has 1 unspecified atom stereocenters. The number of nitrogens with zero attached hydrogens (tertiary/aromatic N) is 3. The quantitative estimate of drug-likeness (QED) is 0.113. The number of hydrogen-bond donors (Lipinski definition) is 0. The molecule has 0 amide bonds. The van der Waals surface area contributed by atoms with E-state index in [1.807, 2.05) is 6.07 Å². The van der Waals surface area contributed by atoms with Crippen LogP contribution in [0.1, 0.15) is 0 Å². The average molecular weight is 633 g/mol. The first kappa shape index (κ1) is 25.0. The molecular weight excluding hydrogens is 608 g/mol. The zero-order valence-corrected chi connectivity index (χ0v) is 25.7. The Hall–Kier alpha value is -4.59. The van der Waals surface area contributed by atoms with Crippen LogP contribution in [0.5, 0.6) is 0 Å². The molecule has 0 fully saturated rings. The summed E-state index contributed by atoms with van der Waals surface area (Å²) in [4.78, 5) is 10.1. The fourth-order valence-corrected chi connectivity index (χ4v) is 11.2. The third-order valence-electron chi connectivity index (χ3n) is 8.64. The Morgan fingerprint density at radius 3 is 2.02 bits per heavy atom. The van der Waals surface area contributed by atoms with Crippen LogP contribution in [0.2, 0.25) is 0 Å². The topological polar surface area (TPSA) is 30.2 Å². The first-order valence-corrected chi connectivity index (χ1v) is 18.4. The fraction of sp³-hybridized carbons (Fsp3) is 0. The summed E-state index contributed by atoms with van der Waals surface area (Å²) in [5.41, 5.74) is 3.05. The van der Waals surface area contributed by atoms with Crippen molar-refractivity contribution in [1.82, 2.24) is 14.4 Å². The van der Waals surface area contributed by atoms with Gasteiger partial charge in [0.1, 0.15) is 0 Å². The van der Waals surface area contributed by atoms with Gasteiger partial charge in [-0.05, 0) is 0 Å². The normalized spacial score (nSPS) is 13.4. The van der Waals surface area contributed by atoms with Crippen molar-refractivity contribution in [1.29, 1.82) is 0 Å². The van der Waals surface area contributed by atoms with E-state index in [1.165, 1.54) is 43.0 Å². The van der Waals surface area contributed by atoms with Crippen molar-refractivity contribution in [2.24, 2.45) is 0 Å². The third-order valence-corrected chi connectivity index (χ3v) is 15.6. The van der Waals surface area contributed by atoms with Crippen LogP contribution < -0.4 is 15.9 Å². The van der Waals surface area contributed by atoms with E-state index < -0.39 is 5.51 Å². The van der Waals surface area contributed by atoms with E-state index in [2.05, 4.69) is 159 Å². The second kappa shape index (κ2) is 9.46. The van der Waals surface area contributed by atoms with Gasteiger partial charge in [-0.2, -0.15) is 0 Å². The van der Waals surface area contributed by atoms with Gasteiger partial charge in [0, 0.05) is 0 Å². The van der Waals surface area contributed by atoms with E-state index in [4.69, 9.17) is 9.97 Å². The summed E-state index contributed by atoms with van der Waals surface area (Å²) >= 11 is 3.79. The van der Waals surface area contributed by atoms with Crippen molar-refractivity contribution in [3.8, 4) is 0 Å². The zero-order chi connectivity index (χ0) is 28.5. The molecule has 43 heavy (non-hydrogen) atoms. The first-order valence-electron chi connectivity index (χ1n) is 14.4. The van der Waals surface area contributed by atoms with Crippen molar-refractivity contribution < 1.29 is 0 Å². The Morgan fingerprint density at radius 1 is 0.488 bits per heavy atom. The Kier molecular flexibility index (Phi) is 5.49. The van der Waals surface area contributed by atoms with E-state index >= 15 is 0 Å². The number of aromatic nitrogens is 3. The van der Waals surface area contributed by atoms with E-state index in [9.17, 15) is 0 Å². The molecule has 1 atom stereocenters. The van der Waals surface area contributed by atoms with Crippen LogP contribution in [0.15, 0.2) is 146 Å². The molecule has 9 aromatic rings. The summed E-state index contributed by atoms with van der Waals surface area (Å²) in [6.45, 7) is 0. The van der Waals surface area contributed by atoms with E-state index in [1.54, 1.807) is 0 Å². The molecule has 0 radical (unpaired) electrons. The number of imidazole rings is 1. The SMILES string of the molecule is [Se]=P(c1ccc2ccccc2c1)(c1cnc2ccccc2c1)c1ccc2c3ccccc3n3c4ccccc4nc3c2c1. The number of pyridine rings is 2. The van der Waals surface area contributed by atoms with Gasteiger partial charge in [-0.1, -0.05) is 0 Å². The van der Waals surface area contributed by atoms with Gasteiger partial charge >= 0.3 is 257 Å². The molecule has 0 aliphatic heterocycles.